The van der Waals surface area contributed by atoms with Crippen LogP contribution in [-0.2, 0) is 0 Å². The van der Waals surface area contributed by atoms with Crippen molar-refractivity contribution in [2.75, 3.05) is 5.73 Å². The molecule has 0 radical (unpaired) electrons. The van der Waals surface area contributed by atoms with Crippen molar-refractivity contribution in [2.45, 2.75) is 6.92 Å². The summed E-state index contributed by atoms with van der Waals surface area (Å²) >= 11 is 7.06. The minimum Gasteiger partial charge on any atom is -0.374 e. The van der Waals surface area contributed by atoms with Gasteiger partial charge < -0.3 is 10.7 Å². The first-order valence-corrected chi connectivity index (χ1v) is 7.33. The van der Waals surface area contributed by atoms with Crippen LogP contribution in [0.5, 0.6) is 0 Å². The van der Waals surface area contributed by atoms with Crippen molar-refractivity contribution in [1.29, 1.82) is 0 Å². The third-order valence-corrected chi connectivity index (χ3v) is 4.06. The van der Waals surface area contributed by atoms with Crippen LogP contribution in [0.4, 0.5) is 5.13 Å². The van der Waals surface area contributed by atoms with Crippen LogP contribution in [-0.4, -0.2) is 15.2 Å². The number of pyridine rings is 1. The molecule has 0 unspecified atom stereocenters. The SMILES string of the molecule is Cc1cc(-c2ccc(Cl)cc2)[nH]c(=O)c1-c1nnc(N)s1. The topological polar surface area (TPSA) is 84.7 Å². The van der Waals surface area contributed by atoms with E-state index in [4.69, 9.17) is 17.3 Å². The van der Waals surface area contributed by atoms with E-state index in [9.17, 15) is 4.79 Å². The van der Waals surface area contributed by atoms with E-state index in [-0.39, 0.29) is 5.56 Å². The number of aromatic nitrogens is 3. The van der Waals surface area contributed by atoms with Crippen molar-refractivity contribution in [3.05, 3.63) is 51.3 Å². The van der Waals surface area contributed by atoms with Gasteiger partial charge in [0.25, 0.3) is 5.56 Å². The van der Waals surface area contributed by atoms with Crippen molar-refractivity contribution in [2.24, 2.45) is 0 Å². The van der Waals surface area contributed by atoms with Gasteiger partial charge in [-0.25, -0.2) is 0 Å². The van der Waals surface area contributed by atoms with Crippen LogP contribution < -0.4 is 11.3 Å². The van der Waals surface area contributed by atoms with Crippen LogP contribution in [0.15, 0.2) is 35.1 Å². The average Bonchev–Trinajstić information content (AvgIpc) is 2.85. The number of H-pyrrole nitrogens is 1. The minimum absolute atomic E-state index is 0.212. The quantitative estimate of drug-likeness (QED) is 0.760. The van der Waals surface area contributed by atoms with Gasteiger partial charge in [-0.15, -0.1) is 10.2 Å². The van der Waals surface area contributed by atoms with Crippen LogP contribution in [0.25, 0.3) is 21.8 Å². The molecule has 2 aromatic heterocycles. The van der Waals surface area contributed by atoms with Gasteiger partial charge >= 0.3 is 0 Å². The van der Waals surface area contributed by atoms with Crippen molar-refractivity contribution < 1.29 is 0 Å². The Morgan fingerprint density at radius 2 is 1.95 bits per heavy atom. The van der Waals surface area contributed by atoms with Gasteiger partial charge in [0, 0.05) is 10.7 Å². The monoisotopic (exact) mass is 318 g/mol. The second-order valence-electron chi connectivity index (χ2n) is 4.52. The summed E-state index contributed by atoms with van der Waals surface area (Å²) in [6.45, 7) is 1.86. The highest BCUT2D eigenvalue weighted by atomic mass is 35.5. The number of aromatic amines is 1. The highest BCUT2D eigenvalue weighted by Gasteiger charge is 2.14. The lowest BCUT2D eigenvalue weighted by Crippen LogP contribution is -2.11. The first kappa shape index (κ1) is 13.8. The van der Waals surface area contributed by atoms with Gasteiger partial charge in [-0.2, -0.15) is 0 Å². The molecule has 0 spiro atoms. The van der Waals surface area contributed by atoms with E-state index in [1.54, 1.807) is 12.1 Å². The molecule has 3 N–H and O–H groups in total. The van der Waals surface area contributed by atoms with Crippen molar-refractivity contribution >= 4 is 28.1 Å². The van der Waals surface area contributed by atoms with Gasteiger partial charge in [0.1, 0.15) is 0 Å². The predicted molar refractivity (Wildman–Crippen MR) is 85.6 cm³/mol. The molecule has 2 heterocycles. The Kier molecular flexibility index (Phi) is 3.48. The first-order chi connectivity index (χ1) is 10.0. The predicted octanol–water partition coefficient (Wildman–Crippen LogP) is 3.10. The maximum Gasteiger partial charge on any atom is 0.259 e. The molecule has 1 aromatic carbocycles. The van der Waals surface area contributed by atoms with Crippen LogP contribution in [0.2, 0.25) is 5.02 Å². The molecule has 0 saturated carbocycles. The zero-order valence-electron chi connectivity index (χ0n) is 11.1. The summed E-state index contributed by atoms with van der Waals surface area (Å²) in [4.78, 5) is 15.2. The van der Waals surface area contributed by atoms with Gasteiger partial charge in [0.15, 0.2) is 5.01 Å². The highest BCUT2D eigenvalue weighted by molar-refractivity contribution is 7.18. The number of hydrogen-bond donors (Lipinski definition) is 2. The molecule has 3 rings (SSSR count). The molecule has 5 nitrogen and oxygen atoms in total. The second kappa shape index (κ2) is 5.31. The molecule has 21 heavy (non-hydrogen) atoms. The van der Waals surface area contributed by atoms with Gasteiger partial charge in [-0.05, 0) is 36.2 Å². The molecule has 106 valence electrons. The number of nitrogens with one attached hydrogen (secondary N) is 1. The van der Waals surface area contributed by atoms with E-state index in [1.807, 2.05) is 25.1 Å². The van der Waals surface area contributed by atoms with Crippen LogP contribution in [0, 0.1) is 6.92 Å². The lowest BCUT2D eigenvalue weighted by molar-refractivity contribution is 1.09. The van der Waals surface area contributed by atoms with E-state index in [0.717, 1.165) is 16.8 Å². The number of anilines is 1. The maximum absolute atomic E-state index is 12.3. The van der Waals surface area contributed by atoms with Gasteiger partial charge in [-0.3, -0.25) is 4.79 Å². The molecule has 0 aliphatic rings. The second-order valence-corrected chi connectivity index (χ2v) is 5.97. The van der Waals surface area contributed by atoms with E-state index in [2.05, 4.69) is 15.2 Å². The lowest BCUT2D eigenvalue weighted by Gasteiger charge is -2.06. The standard InChI is InChI=1S/C14H11ClN4OS/c1-7-6-10(8-2-4-9(15)5-3-8)17-12(20)11(7)13-18-19-14(16)21-13/h2-6H,1H3,(H2,16,19)(H,17,20). The third kappa shape index (κ3) is 2.68. The van der Waals surface area contributed by atoms with Crippen LogP contribution >= 0.6 is 22.9 Å². The minimum atomic E-state index is -0.212. The summed E-state index contributed by atoms with van der Waals surface area (Å²) in [5, 5.41) is 9.18. The number of nitrogens with zero attached hydrogens (tertiary/aromatic N) is 2. The Balaban J connectivity index is 2.12. The summed E-state index contributed by atoms with van der Waals surface area (Å²) in [6.07, 6.45) is 0. The fourth-order valence-corrected chi connectivity index (χ4v) is 2.92. The summed E-state index contributed by atoms with van der Waals surface area (Å²) in [7, 11) is 0. The van der Waals surface area contributed by atoms with Gasteiger partial charge in [-0.1, -0.05) is 35.1 Å². The third-order valence-electron chi connectivity index (χ3n) is 3.04. The number of halogens is 1. The molecule has 3 aromatic rings. The van der Waals surface area contributed by atoms with Gasteiger partial charge in [0.2, 0.25) is 5.13 Å². The molecule has 0 aliphatic carbocycles. The van der Waals surface area contributed by atoms with Gasteiger partial charge in [0.05, 0.1) is 5.56 Å². The molecular formula is C14H11ClN4OS. The van der Waals surface area contributed by atoms with Crippen molar-refractivity contribution in [3.8, 4) is 21.8 Å². The molecular weight excluding hydrogens is 308 g/mol. The summed E-state index contributed by atoms with van der Waals surface area (Å²) in [5.74, 6) is 0. The van der Waals surface area contributed by atoms with E-state index >= 15 is 0 Å². The largest absolute Gasteiger partial charge is 0.374 e. The molecule has 0 aliphatic heterocycles. The van der Waals surface area contributed by atoms with E-state index < -0.39 is 0 Å². The summed E-state index contributed by atoms with van der Waals surface area (Å²) in [6, 6.07) is 9.18. The molecule has 0 amide bonds. The average molecular weight is 319 g/mol. The number of hydrogen-bond acceptors (Lipinski definition) is 5. The molecule has 7 heteroatoms. The van der Waals surface area contributed by atoms with Crippen molar-refractivity contribution in [3.63, 3.8) is 0 Å². The fourth-order valence-electron chi connectivity index (χ4n) is 2.07. The maximum atomic E-state index is 12.3. The zero-order chi connectivity index (χ0) is 15.0. The Hall–Kier alpha value is -2.18. The molecule has 0 fully saturated rings. The number of nitrogen functional groups attached to an aromatic ring is 1. The Morgan fingerprint density at radius 1 is 1.24 bits per heavy atom. The highest BCUT2D eigenvalue weighted by Crippen LogP contribution is 2.27. The summed E-state index contributed by atoms with van der Waals surface area (Å²) in [5.41, 5.74) is 8.30. The van der Waals surface area contributed by atoms with Crippen LogP contribution in [0.3, 0.4) is 0 Å². The fraction of sp³-hybridized carbons (Fsp3) is 0.0714. The lowest BCUT2D eigenvalue weighted by atomic mass is 10.1. The summed E-state index contributed by atoms with van der Waals surface area (Å²) < 4.78 is 0. The normalized spacial score (nSPS) is 10.8. The number of aryl methyl sites for hydroxylation is 1. The Bertz CT molecular complexity index is 854. The number of benzene rings is 1. The number of rotatable bonds is 2. The first-order valence-electron chi connectivity index (χ1n) is 6.14. The smallest absolute Gasteiger partial charge is 0.259 e. The van der Waals surface area contributed by atoms with Crippen LogP contribution in [0.1, 0.15) is 5.56 Å². The van der Waals surface area contributed by atoms with E-state index in [0.29, 0.717) is 20.7 Å². The Morgan fingerprint density at radius 3 is 2.52 bits per heavy atom. The number of nitrogens with two attached hydrogens (primary N) is 1. The van der Waals surface area contributed by atoms with E-state index in [1.165, 1.54) is 11.3 Å². The molecule has 0 atom stereocenters. The molecule has 0 bridgehead atoms. The Labute approximate surface area is 129 Å². The van der Waals surface area contributed by atoms with Crippen molar-refractivity contribution in [1.82, 2.24) is 15.2 Å². The molecule has 0 saturated heterocycles. The zero-order valence-corrected chi connectivity index (χ0v) is 12.6.